The van der Waals surface area contributed by atoms with Gasteiger partial charge in [-0.3, -0.25) is 9.59 Å². The molecule has 2 aromatic rings. The number of phenols is 1. The quantitative estimate of drug-likeness (QED) is 0.417. The maximum absolute atomic E-state index is 12.4. The number of benzene rings is 2. The van der Waals surface area contributed by atoms with Crippen molar-refractivity contribution in [3.63, 3.8) is 0 Å². The molecule has 0 aliphatic heterocycles. The lowest BCUT2D eigenvalue weighted by atomic mass is 10.2. The molecule has 0 aromatic heterocycles. The zero-order valence-electron chi connectivity index (χ0n) is 15.1. The van der Waals surface area contributed by atoms with Crippen molar-refractivity contribution in [2.24, 2.45) is 5.92 Å². The summed E-state index contributed by atoms with van der Waals surface area (Å²) in [6.45, 7) is 1.74. The lowest BCUT2D eigenvalue weighted by molar-refractivity contribution is -0.117. The Morgan fingerprint density at radius 1 is 1.04 bits per heavy atom. The van der Waals surface area contributed by atoms with Crippen LogP contribution in [0.5, 0.6) is 5.75 Å². The number of amides is 2. The molecule has 1 saturated carbocycles. The number of anilines is 2. The third kappa shape index (κ3) is 5.04. The molecule has 2 amide bonds. The van der Waals surface area contributed by atoms with Gasteiger partial charge in [0.1, 0.15) is 11.3 Å². The van der Waals surface area contributed by atoms with E-state index in [4.69, 9.17) is 5.11 Å². The average Bonchev–Trinajstić information content (AvgIpc) is 3.50. The van der Waals surface area contributed by atoms with Gasteiger partial charge in [-0.15, -0.1) is 11.8 Å². The Hall–Kier alpha value is -3.00. The minimum Gasteiger partial charge on any atom is -0.507 e. The predicted octanol–water partition coefficient (Wildman–Crippen LogP) is 3.56. The fourth-order valence-electron chi connectivity index (χ4n) is 2.49. The predicted molar refractivity (Wildman–Crippen MR) is 107 cm³/mol. The van der Waals surface area contributed by atoms with Gasteiger partial charge in [0.15, 0.2) is 0 Å². The summed E-state index contributed by atoms with van der Waals surface area (Å²) in [6.07, 6.45) is 1.89. The molecule has 0 heterocycles. The average molecular weight is 400 g/mol. The van der Waals surface area contributed by atoms with Crippen LogP contribution in [-0.2, 0) is 9.59 Å². The van der Waals surface area contributed by atoms with Crippen LogP contribution < -0.4 is 10.6 Å². The number of thioether (sulfide) groups is 1. The summed E-state index contributed by atoms with van der Waals surface area (Å²) in [6, 6.07) is 11.1. The molecule has 1 aliphatic rings. The van der Waals surface area contributed by atoms with Crippen LogP contribution in [0.2, 0.25) is 0 Å². The lowest BCUT2D eigenvalue weighted by Gasteiger charge is -2.13. The van der Waals surface area contributed by atoms with Crippen LogP contribution in [0.4, 0.5) is 11.4 Å². The molecular weight excluding hydrogens is 380 g/mol. The highest BCUT2D eigenvalue weighted by molar-refractivity contribution is 8.00. The van der Waals surface area contributed by atoms with Crippen molar-refractivity contribution in [2.75, 3.05) is 10.6 Å². The normalized spacial score (nSPS) is 14.2. The van der Waals surface area contributed by atoms with Crippen LogP contribution in [0.1, 0.15) is 30.1 Å². The maximum atomic E-state index is 12.4. The van der Waals surface area contributed by atoms with E-state index in [1.165, 1.54) is 30.0 Å². The first kappa shape index (κ1) is 19.8. The van der Waals surface area contributed by atoms with Crippen molar-refractivity contribution >= 4 is 40.9 Å². The summed E-state index contributed by atoms with van der Waals surface area (Å²) in [7, 11) is 0. The van der Waals surface area contributed by atoms with E-state index in [9.17, 15) is 19.5 Å². The van der Waals surface area contributed by atoms with E-state index < -0.39 is 11.2 Å². The van der Waals surface area contributed by atoms with Gasteiger partial charge in [-0.2, -0.15) is 0 Å². The fourth-order valence-corrected chi connectivity index (χ4v) is 3.36. The highest BCUT2D eigenvalue weighted by atomic mass is 32.2. The summed E-state index contributed by atoms with van der Waals surface area (Å²) in [4.78, 5) is 36.1. The van der Waals surface area contributed by atoms with E-state index in [0.717, 1.165) is 23.4 Å². The van der Waals surface area contributed by atoms with Gasteiger partial charge in [-0.05, 0) is 62.2 Å². The summed E-state index contributed by atoms with van der Waals surface area (Å²) < 4.78 is 0. The molecule has 3 rings (SSSR count). The largest absolute Gasteiger partial charge is 0.507 e. The number of rotatable bonds is 7. The van der Waals surface area contributed by atoms with E-state index in [0.29, 0.717) is 5.69 Å². The van der Waals surface area contributed by atoms with Crippen LogP contribution in [0.25, 0.3) is 0 Å². The molecule has 0 saturated heterocycles. The Bertz CT molecular complexity index is 909. The highest BCUT2D eigenvalue weighted by Crippen LogP contribution is 2.31. The van der Waals surface area contributed by atoms with E-state index in [1.54, 1.807) is 19.1 Å². The number of carbonyl (C=O) groups is 3. The van der Waals surface area contributed by atoms with Gasteiger partial charge in [0.05, 0.1) is 5.25 Å². The number of carboxylic acids is 1. The first-order chi connectivity index (χ1) is 13.3. The van der Waals surface area contributed by atoms with E-state index in [1.807, 2.05) is 12.1 Å². The second kappa shape index (κ2) is 8.35. The van der Waals surface area contributed by atoms with E-state index in [-0.39, 0.29) is 29.0 Å². The van der Waals surface area contributed by atoms with Crippen molar-refractivity contribution in [2.45, 2.75) is 29.9 Å². The number of aromatic carboxylic acids is 1. The molecule has 146 valence electrons. The maximum Gasteiger partial charge on any atom is 0.339 e. The number of hydrogen-bond acceptors (Lipinski definition) is 5. The van der Waals surface area contributed by atoms with E-state index >= 15 is 0 Å². The Morgan fingerprint density at radius 2 is 1.68 bits per heavy atom. The standard InChI is InChI=1S/C20H20N2O5S/c1-11(18(24)22-14-6-9-17(23)16(10-14)20(26)27)28-15-7-4-13(5-8-15)21-19(25)12-2-3-12/h4-12,23H,2-3H2,1H3,(H,21,25)(H,22,24)(H,26,27). The Labute approximate surface area is 166 Å². The van der Waals surface area contributed by atoms with Crippen molar-refractivity contribution in [1.29, 1.82) is 0 Å². The second-order valence-electron chi connectivity index (χ2n) is 6.57. The molecule has 2 aromatic carbocycles. The van der Waals surface area contributed by atoms with Gasteiger partial charge in [0.2, 0.25) is 11.8 Å². The second-order valence-corrected chi connectivity index (χ2v) is 7.99. The van der Waals surface area contributed by atoms with Gasteiger partial charge in [0, 0.05) is 22.2 Å². The third-order valence-corrected chi connectivity index (χ3v) is 5.36. The summed E-state index contributed by atoms with van der Waals surface area (Å²) in [5.41, 5.74) is 0.747. The minimum atomic E-state index is -1.27. The molecule has 0 bridgehead atoms. The monoisotopic (exact) mass is 400 g/mol. The van der Waals surface area contributed by atoms with Gasteiger partial charge in [-0.1, -0.05) is 0 Å². The Kier molecular flexibility index (Phi) is 5.89. The minimum absolute atomic E-state index is 0.0442. The number of carbonyl (C=O) groups excluding carboxylic acids is 2. The molecule has 7 nitrogen and oxygen atoms in total. The van der Waals surface area contributed by atoms with Crippen molar-refractivity contribution < 1.29 is 24.6 Å². The van der Waals surface area contributed by atoms with E-state index in [2.05, 4.69) is 10.6 Å². The summed E-state index contributed by atoms with van der Waals surface area (Å²) in [5.74, 6) is -1.74. The highest BCUT2D eigenvalue weighted by Gasteiger charge is 2.29. The van der Waals surface area contributed by atoms with Crippen molar-refractivity contribution in [3.8, 4) is 5.75 Å². The van der Waals surface area contributed by atoms with Crippen LogP contribution >= 0.6 is 11.8 Å². The Morgan fingerprint density at radius 3 is 2.29 bits per heavy atom. The molecule has 1 unspecified atom stereocenters. The first-order valence-corrected chi connectivity index (χ1v) is 9.66. The molecule has 8 heteroatoms. The molecule has 1 fully saturated rings. The number of aromatic hydroxyl groups is 1. The number of carboxylic acid groups (broad SMARTS) is 1. The third-order valence-electron chi connectivity index (χ3n) is 4.25. The van der Waals surface area contributed by atoms with Gasteiger partial charge >= 0.3 is 5.97 Å². The number of nitrogens with one attached hydrogen (secondary N) is 2. The topological polar surface area (TPSA) is 116 Å². The molecular formula is C20H20N2O5S. The first-order valence-electron chi connectivity index (χ1n) is 8.78. The molecule has 0 spiro atoms. The molecule has 1 atom stereocenters. The van der Waals surface area contributed by atoms with Crippen LogP contribution in [-0.4, -0.2) is 33.2 Å². The molecule has 28 heavy (non-hydrogen) atoms. The van der Waals surface area contributed by atoms with Gasteiger partial charge in [0.25, 0.3) is 0 Å². The zero-order chi connectivity index (χ0) is 20.3. The SMILES string of the molecule is CC(Sc1ccc(NC(=O)C2CC2)cc1)C(=O)Nc1ccc(O)c(C(=O)O)c1. The summed E-state index contributed by atoms with van der Waals surface area (Å²) in [5, 5.41) is 23.6. The van der Waals surface area contributed by atoms with Gasteiger partial charge in [-0.25, -0.2) is 4.79 Å². The Balaban J connectivity index is 1.57. The van der Waals surface area contributed by atoms with Crippen molar-refractivity contribution in [1.82, 2.24) is 0 Å². The molecule has 4 N–H and O–H groups in total. The smallest absolute Gasteiger partial charge is 0.339 e. The van der Waals surface area contributed by atoms with Crippen LogP contribution in [0, 0.1) is 5.92 Å². The molecule has 0 radical (unpaired) electrons. The molecule has 1 aliphatic carbocycles. The van der Waals surface area contributed by atoms with Crippen molar-refractivity contribution in [3.05, 3.63) is 48.0 Å². The summed E-state index contributed by atoms with van der Waals surface area (Å²) >= 11 is 1.34. The van der Waals surface area contributed by atoms with Crippen LogP contribution in [0.3, 0.4) is 0 Å². The number of hydrogen-bond donors (Lipinski definition) is 4. The lowest BCUT2D eigenvalue weighted by Crippen LogP contribution is -2.22. The van der Waals surface area contributed by atoms with Crippen LogP contribution in [0.15, 0.2) is 47.4 Å². The zero-order valence-corrected chi connectivity index (χ0v) is 16.0. The fraction of sp³-hybridized carbons (Fsp3) is 0.250. The van der Waals surface area contributed by atoms with Gasteiger partial charge < -0.3 is 20.8 Å².